The first-order valence-corrected chi connectivity index (χ1v) is 12.0. The summed E-state index contributed by atoms with van der Waals surface area (Å²) in [5, 5.41) is 11.6. The van der Waals surface area contributed by atoms with E-state index < -0.39 is 17.3 Å². The minimum Gasteiger partial charge on any atom is -0.497 e. The smallest absolute Gasteiger partial charge is 0.157 e. The lowest BCUT2D eigenvalue weighted by Crippen LogP contribution is -2.28. The normalized spacial score (nSPS) is 26.7. The molecule has 1 aliphatic carbocycles. The van der Waals surface area contributed by atoms with E-state index >= 15 is 0 Å². The van der Waals surface area contributed by atoms with Crippen molar-refractivity contribution in [3.8, 4) is 11.5 Å². The van der Waals surface area contributed by atoms with Crippen molar-refractivity contribution in [1.82, 2.24) is 0 Å². The van der Waals surface area contributed by atoms with Gasteiger partial charge in [0.15, 0.2) is 5.60 Å². The zero-order valence-corrected chi connectivity index (χ0v) is 19.6. The number of methoxy groups -OCH3 is 1. The standard InChI is InChI=1S/C31H28O4/c1-33-25-18-16-24(17-19-25)30-27(23-12-6-3-7-13-23)20-29(32)31(30,35-30)26-14-8-9-15-28(26)34-21-22-10-4-2-5-11-22/h2-19,27,29,32H,20-21H2,1H3/t27-,29+,30-,31+/m1/s1. The van der Waals surface area contributed by atoms with E-state index in [-0.39, 0.29) is 5.92 Å². The molecule has 0 amide bonds. The maximum Gasteiger partial charge on any atom is 0.157 e. The summed E-state index contributed by atoms with van der Waals surface area (Å²) < 4.78 is 18.5. The summed E-state index contributed by atoms with van der Waals surface area (Å²) in [6.07, 6.45) is -0.0837. The molecule has 1 heterocycles. The highest BCUT2D eigenvalue weighted by atomic mass is 16.6. The van der Waals surface area contributed by atoms with Crippen molar-refractivity contribution >= 4 is 0 Å². The summed E-state index contributed by atoms with van der Waals surface area (Å²) in [6, 6.07) is 36.4. The molecule has 4 nitrogen and oxygen atoms in total. The van der Waals surface area contributed by atoms with Crippen LogP contribution in [0.4, 0.5) is 0 Å². The first-order valence-electron chi connectivity index (χ1n) is 12.0. The van der Waals surface area contributed by atoms with Gasteiger partial charge in [-0.3, -0.25) is 0 Å². The molecule has 1 aliphatic heterocycles. The van der Waals surface area contributed by atoms with Gasteiger partial charge in [-0.05, 0) is 41.3 Å². The minimum absolute atomic E-state index is 0.00530. The van der Waals surface area contributed by atoms with Gasteiger partial charge in [0.2, 0.25) is 0 Å². The van der Waals surface area contributed by atoms with Crippen molar-refractivity contribution in [2.24, 2.45) is 0 Å². The van der Waals surface area contributed by atoms with Crippen molar-refractivity contribution in [3.63, 3.8) is 0 Å². The molecular weight excluding hydrogens is 436 g/mol. The van der Waals surface area contributed by atoms with E-state index in [0.29, 0.717) is 13.0 Å². The van der Waals surface area contributed by atoms with Crippen LogP contribution < -0.4 is 9.47 Å². The van der Waals surface area contributed by atoms with Crippen molar-refractivity contribution < 1.29 is 19.3 Å². The summed E-state index contributed by atoms with van der Waals surface area (Å²) in [6.45, 7) is 0.446. The van der Waals surface area contributed by atoms with Crippen LogP contribution in [0, 0.1) is 0 Å². The molecule has 6 rings (SSSR count). The molecule has 1 N–H and O–H groups in total. The van der Waals surface area contributed by atoms with Gasteiger partial charge in [-0.25, -0.2) is 0 Å². The lowest BCUT2D eigenvalue weighted by molar-refractivity contribution is 0.0521. The Kier molecular flexibility index (Phi) is 5.36. The lowest BCUT2D eigenvalue weighted by atomic mass is 9.77. The van der Waals surface area contributed by atoms with Crippen molar-refractivity contribution in [1.29, 1.82) is 0 Å². The van der Waals surface area contributed by atoms with Crippen LogP contribution in [0.1, 0.15) is 34.6 Å². The van der Waals surface area contributed by atoms with Gasteiger partial charge in [0.1, 0.15) is 23.7 Å². The predicted octanol–water partition coefficient (Wildman–Crippen LogP) is 5.94. The fourth-order valence-corrected chi connectivity index (χ4v) is 5.87. The number of hydrogen-bond donors (Lipinski definition) is 1. The van der Waals surface area contributed by atoms with Crippen molar-refractivity contribution in [3.05, 3.63) is 131 Å². The molecule has 35 heavy (non-hydrogen) atoms. The third-order valence-corrected chi connectivity index (χ3v) is 7.50. The summed E-state index contributed by atoms with van der Waals surface area (Å²) in [5.41, 5.74) is 2.57. The van der Waals surface area contributed by atoms with E-state index in [0.717, 1.165) is 33.8 Å². The Morgan fingerprint density at radius 2 is 1.46 bits per heavy atom. The van der Waals surface area contributed by atoms with Gasteiger partial charge < -0.3 is 19.3 Å². The Morgan fingerprint density at radius 1 is 0.800 bits per heavy atom. The molecule has 0 radical (unpaired) electrons. The van der Waals surface area contributed by atoms with E-state index in [2.05, 4.69) is 24.3 Å². The zero-order valence-electron chi connectivity index (χ0n) is 19.6. The van der Waals surface area contributed by atoms with E-state index in [1.807, 2.05) is 84.9 Å². The molecule has 176 valence electrons. The Labute approximate surface area is 205 Å². The highest BCUT2D eigenvalue weighted by molar-refractivity contribution is 5.55. The highest BCUT2D eigenvalue weighted by Crippen LogP contribution is 2.76. The zero-order chi connectivity index (χ0) is 23.9. The first-order chi connectivity index (χ1) is 17.2. The fraction of sp³-hybridized carbons (Fsp3) is 0.226. The van der Waals surface area contributed by atoms with Gasteiger partial charge in [0.25, 0.3) is 0 Å². The molecule has 0 aromatic heterocycles. The van der Waals surface area contributed by atoms with E-state index in [4.69, 9.17) is 14.2 Å². The molecule has 0 unspecified atom stereocenters. The van der Waals surface area contributed by atoms with Crippen LogP contribution in [0.5, 0.6) is 11.5 Å². The molecule has 1 saturated heterocycles. The van der Waals surface area contributed by atoms with Crippen molar-refractivity contribution in [2.75, 3.05) is 7.11 Å². The minimum atomic E-state index is -0.893. The van der Waals surface area contributed by atoms with Gasteiger partial charge in [0.05, 0.1) is 13.2 Å². The second kappa shape index (κ2) is 8.56. The molecule has 4 heteroatoms. The van der Waals surface area contributed by atoms with Crippen LogP contribution in [0.3, 0.4) is 0 Å². The second-order valence-electron chi connectivity index (χ2n) is 9.29. The maximum atomic E-state index is 11.6. The Hall–Kier alpha value is -3.60. The molecule has 0 bridgehead atoms. The summed E-state index contributed by atoms with van der Waals surface area (Å²) in [4.78, 5) is 0. The van der Waals surface area contributed by atoms with Gasteiger partial charge in [0, 0.05) is 11.5 Å². The average molecular weight is 465 g/mol. The Bertz CT molecular complexity index is 1300. The summed E-state index contributed by atoms with van der Waals surface area (Å²) in [5.74, 6) is 1.52. The summed E-state index contributed by atoms with van der Waals surface area (Å²) in [7, 11) is 1.66. The number of aliphatic hydroxyl groups excluding tert-OH is 1. The van der Waals surface area contributed by atoms with Crippen LogP contribution in [0.15, 0.2) is 109 Å². The Morgan fingerprint density at radius 3 is 2.17 bits per heavy atom. The number of fused-ring (bicyclic) bond motifs is 1. The van der Waals surface area contributed by atoms with E-state index in [1.54, 1.807) is 7.11 Å². The SMILES string of the molecule is COc1ccc([C@]23O[C@@]2(c2ccccc2OCc2ccccc2)[C@@H](O)C[C@@H]3c2ccccc2)cc1. The first kappa shape index (κ1) is 21.9. The number of aliphatic hydroxyl groups is 1. The van der Waals surface area contributed by atoms with Crippen LogP contribution >= 0.6 is 0 Å². The number of para-hydroxylation sites is 1. The van der Waals surface area contributed by atoms with Gasteiger partial charge in [-0.15, -0.1) is 0 Å². The van der Waals surface area contributed by atoms with E-state index in [9.17, 15) is 5.11 Å². The van der Waals surface area contributed by atoms with Crippen LogP contribution in [-0.4, -0.2) is 18.3 Å². The van der Waals surface area contributed by atoms with Crippen LogP contribution in [0.25, 0.3) is 0 Å². The Balaban J connectivity index is 1.45. The molecule has 4 aromatic carbocycles. The number of rotatable bonds is 7. The second-order valence-corrected chi connectivity index (χ2v) is 9.29. The molecule has 4 atom stereocenters. The molecular formula is C31H28O4. The molecule has 1 saturated carbocycles. The maximum absolute atomic E-state index is 11.6. The molecule has 4 aromatic rings. The highest BCUT2D eigenvalue weighted by Gasteiger charge is 2.82. The van der Waals surface area contributed by atoms with Gasteiger partial charge in [-0.2, -0.15) is 0 Å². The monoisotopic (exact) mass is 464 g/mol. The number of hydrogen-bond acceptors (Lipinski definition) is 4. The quantitative estimate of drug-likeness (QED) is 0.344. The number of benzene rings is 4. The predicted molar refractivity (Wildman–Crippen MR) is 134 cm³/mol. The molecule has 2 fully saturated rings. The molecule has 2 aliphatic rings. The summed E-state index contributed by atoms with van der Waals surface area (Å²) >= 11 is 0. The number of ether oxygens (including phenoxy) is 3. The van der Waals surface area contributed by atoms with Gasteiger partial charge >= 0.3 is 0 Å². The van der Waals surface area contributed by atoms with Crippen LogP contribution in [0.2, 0.25) is 0 Å². The molecule has 0 spiro atoms. The fourth-order valence-electron chi connectivity index (χ4n) is 5.87. The van der Waals surface area contributed by atoms with Crippen LogP contribution in [-0.2, 0) is 22.5 Å². The third-order valence-electron chi connectivity index (χ3n) is 7.50. The lowest BCUT2D eigenvalue weighted by Gasteiger charge is -2.23. The largest absolute Gasteiger partial charge is 0.497 e. The van der Waals surface area contributed by atoms with E-state index in [1.165, 1.54) is 0 Å². The third kappa shape index (κ3) is 3.36. The topological polar surface area (TPSA) is 51.2 Å². The van der Waals surface area contributed by atoms with Gasteiger partial charge in [-0.1, -0.05) is 91.0 Å². The van der Waals surface area contributed by atoms with Crippen molar-refractivity contribution in [2.45, 2.75) is 36.3 Å². The average Bonchev–Trinajstić information content (AvgIpc) is 3.57. The number of epoxide rings is 1.